The quantitative estimate of drug-likeness (QED) is 0.0147. The molecule has 53 heavy (non-hydrogen) atoms. The lowest BCUT2D eigenvalue weighted by atomic mass is 10.1. The van der Waals surface area contributed by atoms with Gasteiger partial charge in [0, 0.05) is 12.8 Å². The molecule has 0 fully saturated rings. The highest BCUT2D eigenvalue weighted by Gasteiger charge is 2.27. The number of likely N-dealkylation sites (N-methyl/N-ethyl adjacent to an activating group) is 1. The second-order valence-corrected chi connectivity index (χ2v) is 16.1. The third kappa shape index (κ3) is 36.4. The van der Waals surface area contributed by atoms with E-state index >= 15 is 0 Å². The zero-order chi connectivity index (χ0) is 39.5. The Bertz CT molecular complexity index is 1150. The summed E-state index contributed by atoms with van der Waals surface area (Å²) in [7, 11) is 1.48. The summed E-state index contributed by atoms with van der Waals surface area (Å²) >= 11 is 0. The summed E-state index contributed by atoms with van der Waals surface area (Å²) in [5, 5.41) is 13.7. The van der Waals surface area contributed by atoms with Gasteiger partial charge in [-0.15, -0.1) is 0 Å². The van der Waals surface area contributed by atoms with Crippen LogP contribution in [0.15, 0.2) is 72.9 Å². The Labute approximate surface area is 323 Å². The standard InChI is InChI=1S/C43H75N2O7P/c1-6-8-10-11-12-13-14-15-18-21-24-27-31-35-42(47)41(39-52-53(49,50)51-38-37-45(3,4)5)44-43(48)36-32-28-25-22-19-16-17-20-23-26-30-34-40(46)33-29-9-7-2/h10-11,16-17,22-23,25-26,30-31,34-35,41-42,47H,6-9,12-15,18-21,24,27-29,32-33,36-39H2,1-5H3,(H-,44,48,49,50)/p+1/b11-10-,17-16-,25-22-,26-23-,34-30+,35-31+/t41-,42+/m0/s1. The van der Waals surface area contributed by atoms with Crippen LogP contribution in [-0.2, 0) is 23.2 Å². The second-order valence-electron chi connectivity index (χ2n) is 14.7. The van der Waals surface area contributed by atoms with E-state index in [9.17, 15) is 24.2 Å². The molecule has 0 aromatic rings. The number of aliphatic hydroxyl groups excluding tert-OH is 1. The van der Waals surface area contributed by atoms with Crippen LogP contribution in [0.2, 0.25) is 0 Å². The number of phosphoric ester groups is 1. The number of aliphatic hydroxyl groups is 1. The van der Waals surface area contributed by atoms with Crippen LogP contribution in [0.3, 0.4) is 0 Å². The maximum Gasteiger partial charge on any atom is 0.472 e. The number of rotatable bonds is 35. The van der Waals surface area contributed by atoms with E-state index in [4.69, 9.17) is 9.05 Å². The van der Waals surface area contributed by atoms with Gasteiger partial charge >= 0.3 is 7.82 Å². The average Bonchev–Trinajstić information content (AvgIpc) is 3.10. The Kier molecular flexibility index (Phi) is 32.6. The molecule has 304 valence electrons. The number of quaternary nitrogens is 1. The summed E-state index contributed by atoms with van der Waals surface area (Å²) in [6.45, 7) is 4.51. The minimum Gasteiger partial charge on any atom is -0.387 e. The molecule has 0 rings (SSSR count). The van der Waals surface area contributed by atoms with Gasteiger partial charge in [0.25, 0.3) is 0 Å². The molecule has 0 heterocycles. The van der Waals surface area contributed by atoms with Crippen LogP contribution in [0, 0.1) is 0 Å². The highest BCUT2D eigenvalue weighted by Crippen LogP contribution is 2.43. The molecule has 0 aliphatic carbocycles. The van der Waals surface area contributed by atoms with E-state index < -0.39 is 20.0 Å². The number of carbonyl (C=O) groups excluding carboxylic acids is 2. The molecule has 1 unspecified atom stereocenters. The summed E-state index contributed by atoms with van der Waals surface area (Å²) in [6, 6.07) is -0.899. The number of nitrogens with zero attached hydrogens (tertiary/aromatic N) is 1. The first-order valence-electron chi connectivity index (χ1n) is 20.3. The fraction of sp³-hybridized carbons (Fsp3) is 0.674. The topological polar surface area (TPSA) is 122 Å². The van der Waals surface area contributed by atoms with Crippen LogP contribution < -0.4 is 5.32 Å². The Hall–Kier alpha value is -2.39. The van der Waals surface area contributed by atoms with Crippen molar-refractivity contribution in [2.75, 3.05) is 40.9 Å². The third-order valence-electron chi connectivity index (χ3n) is 8.35. The van der Waals surface area contributed by atoms with Crippen molar-refractivity contribution in [1.82, 2.24) is 5.32 Å². The van der Waals surface area contributed by atoms with Crippen LogP contribution in [-0.4, -0.2) is 79.2 Å². The molecular formula is C43H76N2O7P+. The molecule has 0 bridgehead atoms. The van der Waals surface area contributed by atoms with Crippen LogP contribution in [0.1, 0.15) is 136 Å². The van der Waals surface area contributed by atoms with Gasteiger partial charge in [0.05, 0.1) is 39.9 Å². The number of unbranched alkanes of at least 4 members (excludes halogenated alkanes) is 11. The summed E-state index contributed by atoms with van der Waals surface area (Å²) in [6.07, 6.45) is 41.0. The van der Waals surface area contributed by atoms with Crippen molar-refractivity contribution in [3.8, 4) is 0 Å². The SMILES string of the molecule is CCC/C=C\CCCCCCCC/C=C/[C@@H](O)[C@H](COP(=O)(O)OCC[N+](C)(C)C)NC(=O)CCC/C=C\C/C=C\C/C=C\C=C\C(=O)CCCCC. The normalized spacial score (nSPS) is 15.2. The first-order chi connectivity index (χ1) is 25.4. The number of hydrogen-bond acceptors (Lipinski definition) is 6. The number of amides is 1. The number of phosphoric acid groups is 1. The fourth-order valence-corrected chi connectivity index (χ4v) is 5.78. The van der Waals surface area contributed by atoms with Crippen LogP contribution >= 0.6 is 7.82 Å². The van der Waals surface area contributed by atoms with E-state index in [0.717, 1.165) is 70.6 Å². The van der Waals surface area contributed by atoms with E-state index in [0.29, 0.717) is 23.9 Å². The summed E-state index contributed by atoms with van der Waals surface area (Å²) in [5.74, 6) is -0.0865. The fourth-order valence-electron chi connectivity index (χ4n) is 5.05. The molecule has 3 N–H and O–H groups in total. The third-order valence-corrected chi connectivity index (χ3v) is 9.33. The van der Waals surface area contributed by atoms with Crippen molar-refractivity contribution in [1.29, 1.82) is 0 Å². The molecular weight excluding hydrogens is 687 g/mol. The molecule has 0 radical (unpaired) electrons. The van der Waals surface area contributed by atoms with Crippen molar-refractivity contribution < 1.29 is 37.7 Å². The summed E-state index contributed by atoms with van der Waals surface area (Å²) < 4.78 is 23.4. The number of nitrogens with one attached hydrogen (secondary N) is 1. The predicted molar refractivity (Wildman–Crippen MR) is 221 cm³/mol. The Morgan fingerprint density at radius 1 is 0.698 bits per heavy atom. The number of hydrogen-bond donors (Lipinski definition) is 3. The number of allylic oxidation sites excluding steroid dienone is 11. The number of carbonyl (C=O) groups is 2. The van der Waals surface area contributed by atoms with Gasteiger partial charge in [-0.2, -0.15) is 0 Å². The smallest absolute Gasteiger partial charge is 0.387 e. The van der Waals surface area contributed by atoms with Crippen molar-refractivity contribution in [2.24, 2.45) is 0 Å². The van der Waals surface area contributed by atoms with Gasteiger partial charge in [-0.3, -0.25) is 18.6 Å². The van der Waals surface area contributed by atoms with E-state index in [1.165, 1.54) is 32.1 Å². The highest BCUT2D eigenvalue weighted by molar-refractivity contribution is 7.47. The van der Waals surface area contributed by atoms with Gasteiger partial charge in [0.2, 0.25) is 5.91 Å². The lowest BCUT2D eigenvalue weighted by Gasteiger charge is -2.25. The van der Waals surface area contributed by atoms with Crippen molar-refractivity contribution >= 4 is 19.5 Å². The Balaban J connectivity index is 4.67. The van der Waals surface area contributed by atoms with Crippen LogP contribution in [0.4, 0.5) is 0 Å². The monoisotopic (exact) mass is 764 g/mol. The minimum absolute atomic E-state index is 0.0349. The van der Waals surface area contributed by atoms with Crippen molar-refractivity contribution in [3.05, 3.63) is 72.9 Å². The molecule has 0 saturated carbocycles. The lowest BCUT2D eigenvalue weighted by Crippen LogP contribution is -2.45. The van der Waals surface area contributed by atoms with E-state index in [1.807, 2.05) is 45.4 Å². The van der Waals surface area contributed by atoms with Gasteiger partial charge < -0.3 is 19.8 Å². The zero-order valence-electron chi connectivity index (χ0n) is 34.0. The summed E-state index contributed by atoms with van der Waals surface area (Å²) in [5.41, 5.74) is 0. The molecule has 3 atom stereocenters. The Morgan fingerprint density at radius 3 is 1.98 bits per heavy atom. The molecule has 0 aromatic carbocycles. The highest BCUT2D eigenvalue weighted by atomic mass is 31.2. The van der Waals surface area contributed by atoms with E-state index in [2.05, 4.69) is 49.5 Å². The Morgan fingerprint density at radius 2 is 1.30 bits per heavy atom. The lowest BCUT2D eigenvalue weighted by molar-refractivity contribution is -0.870. The molecule has 9 nitrogen and oxygen atoms in total. The van der Waals surface area contributed by atoms with Gasteiger partial charge in [-0.1, -0.05) is 126 Å². The molecule has 0 saturated heterocycles. The first kappa shape index (κ1) is 50.6. The summed E-state index contributed by atoms with van der Waals surface area (Å²) in [4.78, 5) is 34.7. The minimum atomic E-state index is -4.37. The van der Waals surface area contributed by atoms with E-state index in [1.54, 1.807) is 18.2 Å². The molecule has 0 aliphatic rings. The molecule has 0 spiro atoms. The maximum atomic E-state index is 12.8. The van der Waals surface area contributed by atoms with Crippen LogP contribution in [0.5, 0.6) is 0 Å². The van der Waals surface area contributed by atoms with Crippen molar-refractivity contribution in [2.45, 2.75) is 148 Å². The van der Waals surface area contributed by atoms with Gasteiger partial charge in [0.1, 0.15) is 13.2 Å². The number of ketones is 1. The maximum absolute atomic E-state index is 12.8. The zero-order valence-corrected chi connectivity index (χ0v) is 34.9. The second kappa shape index (κ2) is 34.1. The van der Waals surface area contributed by atoms with Gasteiger partial charge in [-0.05, 0) is 70.3 Å². The van der Waals surface area contributed by atoms with Crippen LogP contribution in [0.25, 0.3) is 0 Å². The van der Waals surface area contributed by atoms with Crippen molar-refractivity contribution in [3.63, 3.8) is 0 Å². The molecule has 10 heteroatoms. The largest absolute Gasteiger partial charge is 0.472 e. The van der Waals surface area contributed by atoms with E-state index in [-0.39, 0.29) is 31.3 Å². The molecule has 0 aliphatic heterocycles. The molecule has 0 aromatic heterocycles. The molecule has 1 amide bonds. The first-order valence-corrected chi connectivity index (χ1v) is 21.8. The average molecular weight is 764 g/mol. The van der Waals surface area contributed by atoms with Gasteiger partial charge in [0.15, 0.2) is 5.78 Å². The predicted octanol–water partition coefficient (Wildman–Crippen LogP) is 10.0. The van der Waals surface area contributed by atoms with Gasteiger partial charge in [-0.25, -0.2) is 4.57 Å².